The third-order valence-electron chi connectivity index (χ3n) is 6.55. The van der Waals surface area contributed by atoms with E-state index < -0.39 is 0 Å². The van der Waals surface area contributed by atoms with Gasteiger partial charge < -0.3 is 25.4 Å². The maximum atomic E-state index is 6.53. The molecule has 0 unspecified atom stereocenters. The number of anilines is 2. The Labute approximate surface area is 218 Å². The van der Waals surface area contributed by atoms with Gasteiger partial charge in [-0.25, -0.2) is 4.98 Å². The number of benzene rings is 2. The molecule has 0 radical (unpaired) electrons. The highest BCUT2D eigenvalue weighted by Gasteiger charge is 2.24. The minimum atomic E-state index is 0.390. The van der Waals surface area contributed by atoms with Crippen molar-refractivity contribution < 1.29 is 9.47 Å². The zero-order valence-electron chi connectivity index (χ0n) is 22.3. The summed E-state index contributed by atoms with van der Waals surface area (Å²) in [6, 6.07) is 14.0. The van der Waals surface area contributed by atoms with Crippen LogP contribution in [0.1, 0.15) is 30.5 Å². The van der Waals surface area contributed by atoms with Crippen molar-refractivity contribution in [1.29, 1.82) is 0 Å². The van der Waals surface area contributed by atoms with E-state index >= 15 is 0 Å². The number of nitrogens with one attached hydrogen (secondary N) is 1. The zero-order valence-corrected chi connectivity index (χ0v) is 22.3. The van der Waals surface area contributed by atoms with E-state index in [-0.39, 0.29) is 0 Å². The molecule has 0 atom stereocenters. The Balaban J connectivity index is 0.000000586. The first-order valence-electron chi connectivity index (χ1n) is 12.7. The SMILES string of the molecule is CCNCC.COc1cc2nc(N3CCc4c(C)cccc4C3)nc(N)c2c(-c2ccccn2)c1OC. The average molecular weight is 501 g/mol. The van der Waals surface area contributed by atoms with Crippen LogP contribution in [0.25, 0.3) is 22.2 Å². The van der Waals surface area contributed by atoms with Gasteiger partial charge in [-0.05, 0) is 55.3 Å². The number of nitrogens with zero attached hydrogens (tertiary/aromatic N) is 4. The van der Waals surface area contributed by atoms with Crippen molar-refractivity contribution in [2.75, 3.05) is 44.5 Å². The molecule has 0 spiro atoms. The lowest BCUT2D eigenvalue weighted by molar-refractivity contribution is 0.357. The molecule has 194 valence electrons. The van der Waals surface area contributed by atoms with Gasteiger partial charge in [0.1, 0.15) is 5.82 Å². The molecule has 3 heterocycles. The van der Waals surface area contributed by atoms with Gasteiger partial charge in [0.15, 0.2) is 11.5 Å². The van der Waals surface area contributed by atoms with Gasteiger partial charge in [-0.15, -0.1) is 0 Å². The van der Waals surface area contributed by atoms with Gasteiger partial charge in [-0.1, -0.05) is 38.1 Å². The third kappa shape index (κ3) is 5.44. The summed E-state index contributed by atoms with van der Waals surface area (Å²) in [5, 5.41) is 3.82. The van der Waals surface area contributed by atoms with E-state index in [1.807, 2.05) is 24.3 Å². The van der Waals surface area contributed by atoms with Gasteiger partial charge in [0.2, 0.25) is 5.95 Å². The Hall–Kier alpha value is -3.91. The number of hydrogen-bond donors (Lipinski definition) is 2. The number of pyridine rings is 1. The number of nitrogen functional groups attached to an aromatic ring is 1. The van der Waals surface area contributed by atoms with Gasteiger partial charge in [0, 0.05) is 25.4 Å². The topological polar surface area (TPSA) is 98.4 Å². The molecule has 1 aliphatic rings. The van der Waals surface area contributed by atoms with Crippen molar-refractivity contribution in [3.63, 3.8) is 0 Å². The number of nitrogens with two attached hydrogens (primary N) is 1. The zero-order chi connectivity index (χ0) is 26.4. The van der Waals surface area contributed by atoms with E-state index in [2.05, 4.69) is 54.2 Å². The van der Waals surface area contributed by atoms with Crippen LogP contribution in [0.3, 0.4) is 0 Å². The highest BCUT2D eigenvalue weighted by Crippen LogP contribution is 2.44. The Kier molecular flexibility index (Phi) is 8.40. The number of aromatic nitrogens is 3. The molecule has 0 bridgehead atoms. The van der Waals surface area contributed by atoms with Crippen LogP contribution in [0.15, 0.2) is 48.7 Å². The van der Waals surface area contributed by atoms with Crippen LogP contribution in [-0.4, -0.2) is 48.8 Å². The second kappa shape index (κ2) is 11.9. The molecule has 1 aliphatic heterocycles. The van der Waals surface area contributed by atoms with E-state index in [9.17, 15) is 0 Å². The standard InChI is InChI=1S/C25H25N5O2.C4H11N/c1-15-7-6-8-16-14-30(12-10-17(15)16)25-28-19-13-20(31-2)23(32-3)21(22(19)24(26)29-25)18-9-4-5-11-27-18;1-3-5-4-2/h4-9,11,13H,10,12,14H2,1-3H3,(H2,26,28,29);5H,3-4H2,1-2H3. The normalized spacial score (nSPS) is 12.5. The highest BCUT2D eigenvalue weighted by molar-refractivity contribution is 6.05. The van der Waals surface area contributed by atoms with E-state index in [0.29, 0.717) is 34.2 Å². The van der Waals surface area contributed by atoms with E-state index in [4.69, 9.17) is 25.2 Å². The molecule has 0 saturated heterocycles. The van der Waals surface area contributed by atoms with Crippen LogP contribution in [0.5, 0.6) is 11.5 Å². The maximum Gasteiger partial charge on any atom is 0.228 e. The molecular weight excluding hydrogens is 464 g/mol. The summed E-state index contributed by atoms with van der Waals surface area (Å²) in [6.45, 7) is 10.1. The molecule has 3 N–H and O–H groups in total. The van der Waals surface area contributed by atoms with Gasteiger partial charge in [-0.2, -0.15) is 4.98 Å². The molecule has 5 rings (SSSR count). The molecule has 2 aromatic heterocycles. The molecule has 0 aliphatic carbocycles. The second-order valence-electron chi connectivity index (χ2n) is 8.85. The summed E-state index contributed by atoms with van der Waals surface area (Å²) >= 11 is 0. The first-order valence-corrected chi connectivity index (χ1v) is 12.7. The number of hydrogen-bond acceptors (Lipinski definition) is 8. The minimum absolute atomic E-state index is 0.390. The third-order valence-corrected chi connectivity index (χ3v) is 6.55. The summed E-state index contributed by atoms with van der Waals surface area (Å²) in [5.74, 6) is 2.14. The van der Waals surface area contributed by atoms with Crippen LogP contribution in [-0.2, 0) is 13.0 Å². The maximum absolute atomic E-state index is 6.53. The molecule has 0 amide bonds. The molecule has 0 saturated carbocycles. The molecule has 4 aromatic rings. The fourth-order valence-electron chi connectivity index (χ4n) is 4.74. The largest absolute Gasteiger partial charge is 0.493 e. The molecule has 2 aromatic carbocycles. The quantitative estimate of drug-likeness (QED) is 0.390. The number of rotatable bonds is 6. The number of aryl methyl sites for hydroxylation is 1. The number of ether oxygens (including phenoxy) is 2. The first kappa shape index (κ1) is 26.2. The summed E-state index contributed by atoms with van der Waals surface area (Å²) in [5.41, 5.74) is 12.7. The molecule has 37 heavy (non-hydrogen) atoms. The predicted octanol–water partition coefficient (Wildman–Crippen LogP) is 4.78. The van der Waals surface area contributed by atoms with Gasteiger partial charge in [0.25, 0.3) is 0 Å². The smallest absolute Gasteiger partial charge is 0.228 e. The first-order chi connectivity index (χ1) is 18.0. The lowest BCUT2D eigenvalue weighted by atomic mass is 9.95. The lowest BCUT2D eigenvalue weighted by Gasteiger charge is -2.30. The minimum Gasteiger partial charge on any atom is -0.493 e. The van der Waals surface area contributed by atoms with E-state index in [1.165, 1.54) is 16.7 Å². The van der Waals surface area contributed by atoms with Crippen LogP contribution >= 0.6 is 0 Å². The molecular formula is C29H36N6O2. The predicted molar refractivity (Wildman–Crippen MR) is 150 cm³/mol. The summed E-state index contributed by atoms with van der Waals surface area (Å²) in [7, 11) is 3.22. The van der Waals surface area contributed by atoms with Crippen molar-refractivity contribution >= 4 is 22.7 Å². The van der Waals surface area contributed by atoms with Gasteiger partial charge in [-0.3, -0.25) is 4.98 Å². The van der Waals surface area contributed by atoms with Crippen molar-refractivity contribution in [3.8, 4) is 22.8 Å². The van der Waals surface area contributed by atoms with Crippen LogP contribution in [0.2, 0.25) is 0 Å². The van der Waals surface area contributed by atoms with Crippen LogP contribution in [0.4, 0.5) is 11.8 Å². The van der Waals surface area contributed by atoms with Gasteiger partial charge in [0.05, 0.1) is 36.4 Å². The fourth-order valence-corrected chi connectivity index (χ4v) is 4.74. The summed E-state index contributed by atoms with van der Waals surface area (Å²) in [6.07, 6.45) is 2.69. The molecule has 0 fully saturated rings. The van der Waals surface area contributed by atoms with Gasteiger partial charge >= 0.3 is 0 Å². The van der Waals surface area contributed by atoms with Crippen molar-refractivity contribution in [1.82, 2.24) is 20.3 Å². The fraction of sp³-hybridized carbons (Fsp3) is 0.345. The molecule has 8 heteroatoms. The Morgan fingerprint density at radius 1 is 1.03 bits per heavy atom. The van der Waals surface area contributed by atoms with Crippen LogP contribution < -0.4 is 25.4 Å². The van der Waals surface area contributed by atoms with Crippen molar-refractivity contribution in [3.05, 3.63) is 65.4 Å². The van der Waals surface area contributed by atoms with Crippen molar-refractivity contribution in [2.45, 2.75) is 33.7 Å². The Bertz CT molecular complexity index is 1360. The Morgan fingerprint density at radius 2 is 1.84 bits per heavy atom. The summed E-state index contributed by atoms with van der Waals surface area (Å²) < 4.78 is 11.3. The highest BCUT2D eigenvalue weighted by atomic mass is 16.5. The van der Waals surface area contributed by atoms with Crippen molar-refractivity contribution in [2.24, 2.45) is 0 Å². The van der Waals surface area contributed by atoms with Crippen LogP contribution in [0, 0.1) is 6.92 Å². The average Bonchev–Trinajstić information content (AvgIpc) is 2.93. The molecule has 8 nitrogen and oxygen atoms in total. The number of methoxy groups -OCH3 is 2. The Morgan fingerprint density at radius 3 is 2.49 bits per heavy atom. The van der Waals surface area contributed by atoms with E-state index in [0.717, 1.165) is 43.9 Å². The second-order valence-corrected chi connectivity index (χ2v) is 8.85. The lowest BCUT2D eigenvalue weighted by Crippen LogP contribution is -2.32. The summed E-state index contributed by atoms with van der Waals surface area (Å²) in [4.78, 5) is 16.3. The monoisotopic (exact) mass is 500 g/mol. The number of fused-ring (bicyclic) bond motifs is 2. The van der Waals surface area contributed by atoms with E-state index in [1.54, 1.807) is 20.4 Å².